The molecular weight excluding hydrogens is 517 g/mol. The van der Waals surface area contributed by atoms with Gasteiger partial charge in [-0.05, 0) is 67.6 Å². The van der Waals surface area contributed by atoms with Crippen LogP contribution >= 0.6 is 11.3 Å². The fourth-order valence-electron chi connectivity index (χ4n) is 3.44. The van der Waals surface area contributed by atoms with Gasteiger partial charge in [-0.2, -0.15) is 4.99 Å². The number of anilines is 1. The Balaban J connectivity index is 1.67. The summed E-state index contributed by atoms with van der Waals surface area (Å²) in [6.45, 7) is 2.10. The van der Waals surface area contributed by atoms with E-state index >= 15 is 0 Å². The molecule has 0 bridgehead atoms. The van der Waals surface area contributed by atoms with E-state index in [9.17, 15) is 22.4 Å². The van der Waals surface area contributed by atoms with E-state index in [1.165, 1.54) is 35.6 Å². The van der Waals surface area contributed by atoms with Gasteiger partial charge in [-0.3, -0.25) is 9.52 Å². The minimum absolute atomic E-state index is 0.127. The highest BCUT2D eigenvalue weighted by atomic mass is 32.2. The summed E-state index contributed by atoms with van der Waals surface area (Å²) in [5, 5.41) is 0. The molecular formula is C26H20FN3O5S2. The molecule has 0 aliphatic heterocycles. The Morgan fingerprint density at radius 2 is 1.86 bits per heavy atom. The van der Waals surface area contributed by atoms with Gasteiger partial charge >= 0.3 is 5.97 Å². The summed E-state index contributed by atoms with van der Waals surface area (Å²) in [5.74, 6) is 0.890. The SMILES string of the molecule is C#CCn1c(=NC(=O)c2cccc(NS(=O)(=O)c3ccc(F)cc3)c2)sc2cc(C(=O)OCC)ccc21. The van der Waals surface area contributed by atoms with Crippen molar-refractivity contribution >= 4 is 49.1 Å². The molecule has 4 rings (SSSR count). The number of benzene rings is 3. The second-order valence-corrected chi connectivity index (χ2v) is 10.3. The monoisotopic (exact) mass is 537 g/mol. The van der Waals surface area contributed by atoms with Gasteiger partial charge in [-0.1, -0.05) is 23.3 Å². The fraction of sp³-hybridized carbons (Fsp3) is 0.115. The Kier molecular flexibility index (Phi) is 7.52. The van der Waals surface area contributed by atoms with Crippen LogP contribution in [0.1, 0.15) is 27.6 Å². The molecule has 0 saturated carbocycles. The first kappa shape index (κ1) is 25.8. The third kappa shape index (κ3) is 5.77. The van der Waals surface area contributed by atoms with Crippen molar-refractivity contribution in [2.45, 2.75) is 18.4 Å². The number of thiazole rings is 1. The molecule has 37 heavy (non-hydrogen) atoms. The summed E-state index contributed by atoms with van der Waals surface area (Å²) in [5.41, 5.74) is 1.33. The van der Waals surface area contributed by atoms with Gasteiger partial charge in [0.2, 0.25) is 0 Å². The van der Waals surface area contributed by atoms with Gasteiger partial charge in [0.05, 0.1) is 33.8 Å². The van der Waals surface area contributed by atoms with Crippen molar-refractivity contribution in [1.29, 1.82) is 0 Å². The van der Waals surface area contributed by atoms with Crippen LogP contribution in [0.3, 0.4) is 0 Å². The van der Waals surface area contributed by atoms with Gasteiger partial charge in [-0.25, -0.2) is 17.6 Å². The van der Waals surface area contributed by atoms with Crippen LogP contribution in [0.25, 0.3) is 10.2 Å². The van der Waals surface area contributed by atoms with Crippen LogP contribution in [0.2, 0.25) is 0 Å². The van der Waals surface area contributed by atoms with Gasteiger partial charge in [0.1, 0.15) is 5.82 Å². The summed E-state index contributed by atoms with van der Waals surface area (Å²) < 4.78 is 48.2. The maximum atomic E-state index is 13.2. The molecule has 0 atom stereocenters. The highest BCUT2D eigenvalue weighted by Crippen LogP contribution is 2.21. The first-order chi connectivity index (χ1) is 17.7. The minimum Gasteiger partial charge on any atom is -0.462 e. The highest BCUT2D eigenvalue weighted by Gasteiger charge is 2.16. The van der Waals surface area contributed by atoms with Crippen LogP contribution in [-0.2, 0) is 21.3 Å². The van der Waals surface area contributed by atoms with E-state index in [1.54, 1.807) is 29.7 Å². The van der Waals surface area contributed by atoms with Crippen molar-refractivity contribution in [1.82, 2.24) is 4.57 Å². The lowest BCUT2D eigenvalue weighted by molar-refractivity contribution is 0.0526. The number of esters is 1. The first-order valence-electron chi connectivity index (χ1n) is 10.9. The lowest BCUT2D eigenvalue weighted by Gasteiger charge is -2.08. The Bertz CT molecular complexity index is 1720. The van der Waals surface area contributed by atoms with E-state index in [1.807, 2.05) is 0 Å². The van der Waals surface area contributed by atoms with Crippen molar-refractivity contribution in [3.05, 3.63) is 88.5 Å². The Morgan fingerprint density at radius 1 is 1.11 bits per heavy atom. The molecule has 1 aromatic heterocycles. The molecule has 11 heteroatoms. The largest absolute Gasteiger partial charge is 0.462 e. The number of terminal acetylenes is 1. The molecule has 0 saturated heterocycles. The van der Waals surface area contributed by atoms with E-state index in [0.717, 1.165) is 24.3 Å². The molecule has 0 aliphatic carbocycles. The van der Waals surface area contributed by atoms with E-state index in [0.29, 0.717) is 20.6 Å². The normalized spacial score (nSPS) is 11.8. The molecule has 0 unspecified atom stereocenters. The molecule has 4 aromatic rings. The summed E-state index contributed by atoms with van der Waals surface area (Å²) in [4.78, 5) is 29.5. The lowest BCUT2D eigenvalue weighted by atomic mass is 10.2. The predicted octanol–water partition coefficient (Wildman–Crippen LogP) is 4.19. The molecule has 1 heterocycles. The van der Waals surface area contributed by atoms with Crippen LogP contribution in [0.5, 0.6) is 0 Å². The molecule has 3 aromatic carbocycles. The van der Waals surface area contributed by atoms with Crippen molar-refractivity contribution in [3.63, 3.8) is 0 Å². The molecule has 8 nitrogen and oxygen atoms in total. The lowest BCUT2D eigenvalue weighted by Crippen LogP contribution is -2.17. The number of aromatic nitrogens is 1. The number of hydrogen-bond acceptors (Lipinski definition) is 6. The highest BCUT2D eigenvalue weighted by molar-refractivity contribution is 7.92. The van der Waals surface area contributed by atoms with E-state index in [2.05, 4.69) is 15.6 Å². The van der Waals surface area contributed by atoms with Crippen molar-refractivity contribution in [3.8, 4) is 12.3 Å². The molecule has 0 spiro atoms. The second-order valence-electron chi connectivity index (χ2n) is 7.64. The fourth-order valence-corrected chi connectivity index (χ4v) is 5.56. The van der Waals surface area contributed by atoms with Crippen LogP contribution in [0, 0.1) is 18.2 Å². The number of nitrogens with one attached hydrogen (secondary N) is 1. The number of rotatable bonds is 7. The predicted molar refractivity (Wildman–Crippen MR) is 138 cm³/mol. The average molecular weight is 538 g/mol. The summed E-state index contributed by atoms with van der Waals surface area (Å²) >= 11 is 1.18. The molecule has 1 amide bonds. The number of carbonyl (C=O) groups is 2. The van der Waals surface area contributed by atoms with Crippen LogP contribution in [0.15, 0.2) is 76.6 Å². The number of fused-ring (bicyclic) bond motifs is 1. The number of halogens is 1. The summed E-state index contributed by atoms with van der Waals surface area (Å²) in [7, 11) is -4.00. The molecule has 0 fully saturated rings. The molecule has 188 valence electrons. The summed E-state index contributed by atoms with van der Waals surface area (Å²) in [6, 6.07) is 15.2. The number of sulfonamides is 1. The average Bonchev–Trinajstić information content (AvgIpc) is 3.20. The van der Waals surface area contributed by atoms with Crippen molar-refractivity contribution < 1.29 is 27.1 Å². The van der Waals surface area contributed by atoms with Gasteiger partial charge in [0.15, 0.2) is 4.80 Å². The third-order valence-corrected chi connectivity index (χ3v) is 7.56. The van der Waals surface area contributed by atoms with Gasteiger partial charge < -0.3 is 9.30 Å². The van der Waals surface area contributed by atoms with E-state index in [4.69, 9.17) is 11.2 Å². The Morgan fingerprint density at radius 3 is 2.57 bits per heavy atom. The zero-order valence-corrected chi connectivity index (χ0v) is 21.1. The van der Waals surface area contributed by atoms with Gasteiger partial charge in [0, 0.05) is 11.3 Å². The standard InChI is InChI=1S/C26H20FN3O5S2/c1-3-14-30-22-13-8-18(25(32)35-4-2)16-23(22)36-26(30)28-24(31)17-6-5-7-20(15-17)29-37(33,34)21-11-9-19(27)10-12-21/h1,5-13,15-16,29H,4,14H2,2H3. The van der Waals surface area contributed by atoms with Gasteiger partial charge in [-0.15, -0.1) is 6.42 Å². The number of hydrogen-bond donors (Lipinski definition) is 1. The van der Waals surface area contributed by atoms with Gasteiger partial charge in [0.25, 0.3) is 15.9 Å². The summed E-state index contributed by atoms with van der Waals surface area (Å²) in [6.07, 6.45) is 5.52. The Hall–Kier alpha value is -4.27. The molecule has 0 radical (unpaired) electrons. The van der Waals surface area contributed by atoms with Crippen molar-refractivity contribution in [2.75, 3.05) is 11.3 Å². The number of ether oxygens (including phenoxy) is 1. The second kappa shape index (κ2) is 10.8. The first-order valence-corrected chi connectivity index (χ1v) is 13.2. The number of nitrogens with zero attached hydrogens (tertiary/aromatic N) is 2. The smallest absolute Gasteiger partial charge is 0.338 e. The van der Waals surface area contributed by atoms with Crippen LogP contribution in [0.4, 0.5) is 10.1 Å². The zero-order valence-electron chi connectivity index (χ0n) is 19.5. The zero-order chi connectivity index (χ0) is 26.6. The topological polar surface area (TPSA) is 107 Å². The number of carbonyl (C=O) groups excluding carboxylic acids is 2. The van der Waals surface area contributed by atoms with Crippen LogP contribution < -0.4 is 9.52 Å². The molecule has 0 aliphatic rings. The number of amides is 1. The Labute approximate surface area is 216 Å². The third-order valence-electron chi connectivity index (χ3n) is 5.13. The minimum atomic E-state index is -4.00. The molecule has 1 N–H and O–H groups in total. The van der Waals surface area contributed by atoms with E-state index in [-0.39, 0.29) is 29.3 Å². The van der Waals surface area contributed by atoms with E-state index < -0.39 is 27.7 Å². The maximum absolute atomic E-state index is 13.2. The van der Waals surface area contributed by atoms with Crippen LogP contribution in [-0.4, -0.2) is 31.5 Å². The van der Waals surface area contributed by atoms with Crippen molar-refractivity contribution in [2.24, 2.45) is 4.99 Å². The maximum Gasteiger partial charge on any atom is 0.338 e. The quantitative estimate of drug-likeness (QED) is 0.281.